The molecule has 0 aliphatic rings. The molecule has 0 aliphatic carbocycles. The maximum absolute atomic E-state index is 12.7. The molecule has 28 heavy (non-hydrogen) atoms. The van der Waals surface area contributed by atoms with Crippen LogP contribution in [0.2, 0.25) is 0 Å². The Balaban J connectivity index is 2.11. The van der Waals surface area contributed by atoms with Gasteiger partial charge in [-0.25, -0.2) is 14.6 Å². The zero-order valence-corrected chi connectivity index (χ0v) is 17.7. The number of aryl methyl sites for hydroxylation is 2. The number of aromatic nitrogens is 1. The molecule has 1 heterocycles. The van der Waals surface area contributed by atoms with E-state index in [2.05, 4.69) is 17.1 Å². The minimum atomic E-state index is -1.03. The Bertz CT molecular complexity index is 796. The van der Waals surface area contributed by atoms with Gasteiger partial charge in [0, 0.05) is 11.4 Å². The Hall–Kier alpha value is -2.41. The summed E-state index contributed by atoms with van der Waals surface area (Å²) >= 11 is 1.34. The molecular formula is C21H28N2O4S. The van der Waals surface area contributed by atoms with Crippen molar-refractivity contribution >= 4 is 23.4 Å². The first-order chi connectivity index (χ1) is 13.2. The second-order valence-electron chi connectivity index (χ2n) is 7.53. The van der Waals surface area contributed by atoms with Crippen molar-refractivity contribution in [2.45, 2.75) is 59.1 Å². The number of amides is 1. The molecule has 0 bridgehead atoms. The Morgan fingerprint density at radius 3 is 2.43 bits per heavy atom. The normalized spacial score (nSPS) is 11.3. The summed E-state index contributed by atoms with van der Waals surface area (Å²) in [6, 6.07) is 10.1. The van der Waals surface area contributed by atoms with Crippen molar-refractivity contribution in [3.63, 3.8) is 0 Å². The number of carbonyl (C=O) groups is 2. The number of hydrogen-bond acceptors (Lipinski definition) is 5. The lowest BCUT2D eigenvalue weighted by molar-refractivity contribution is 0.0231. The van der Waals surface area contributed by atoms with Crippen molar-refractivity contribution in [3.8, 4) is 0 Å². The lowest BCUT2D eigenvalue weighted by Gasteiger charge is -2.27. The van der Waals surface area contributed by atoms with Gasteiger partial charge in [-0.3, -0.25) is 0 Å². The van der Waals surface area contributed by atoms with Crippen LogP contribution in [0.25, 0.3) is 0 Å². The van der Waals surface area contributed by atoms with E-state index in [-0.39, 0.29) is 12.2 Å². The summed E-state index contributed by atoms with van der Waals surface area (Å²) in [4.78, 5) is 30.6. The lowest BCUT2D eigenvalue weighted by atomic mass is 10.1. The average Bonchev–Trinajstić information content (AvgIpc) is 3.03. The minimum Gasteiger partial charge on any atom is -0.476 e. The summed E-state index contributed by atoms with van der Waals surface area (Å²) < 4.78 is 5.53. The zero-order valence-electron chi connectivity index (χ0n) is 16.9. The monoisotopic (exact) mass is 404 g/mol. The van der Waals surface area contributed by atoms with Gasteiger partial charge in [0.25, 0.3) is 0 Å². The van der Waals surface area contributed by atoms with Crippen LogP contribution in [-0.2, 0) is 24.1 Å². The second kappa shape index (κ2) is 9.68. The standard InChI is InChI=1S/C21H28N2O4S/c1-5-16-18(19(24)25)22-17(28-16)14-23(20(26)27-21(2,3)4)13-9-12-15-10-7-6-8-11-15/h6-8,10-11H,5,9,12-14H2,1-4H3,(H,24,25). The van der Waals surface area contributed by atoms with Crippen molar-refractivity contribution in [2.75, 3.05) is 6.54 Å². The number of hydrogen-bond donors (Lipinski definition) is 1. The van der Waals surface area contributed by atoms with Gasteiger partial charge in [0.1, 0.15) is 10.6 Å². The van der Waals surface area contributed by atoms with Crippen LogP contribution in [0.1, 0.15) is 60.1 Å². The van der Waals surface area contributed by atoms with Crippen LogP contribution in [-0.4, -0.2) is 39.2 Å². The van der Waals surface area contributed by atoms with Crippen molar-refractivity contribution in [1.82, 2.24) is 9.88 Å². The maximum Gasteiger partial charge on any atom is 0.410 e. The molecule has 0 radical (unpaired) electrons. The molecule has 1 N–H and O–H groups in total. The van der Waals surface area contributed by atoms with Gasteiger partial charge in [0.05, 0.1) is 6.54 Å². The molecule has 2 rings (SSSR count). The summed E-state index contributed by atoms with van der Waals surface area (Å²) in [5.74, 6) is -1.03. The Kier molecular flexibility index (Phi) is 7.57. The molecule has 0 saturated carbocycles. The van der Waals surface area contributed by atoms with Gasteiger partial charge in [-0.05, 0) is 45.6 Å². The maximum atomic E-state index is 12.7. The molecule has 152 valence electrons. The van der Waals surface area contributed by atoms with Crippen LogP contribution in [0.3, 0.4) is 0 Å². The van der Waals surface area contributed by atoms with E-state index in [9.17, 15) is 14.7 Å². The van der Waals surface area contributed by atoms with Gasteiger partial charge in [-0.15, -0.1) is 11.3 Å². The Morgan fingerprint density at radius 1 is 1.21 bits per heavy atom. The topological polar surface area (TPSA) is 79.7 Å². The third kappa shape index (κ3) is 6.64. The number of carboxylic acid groups (broad SMARTS) is 1. The molecule has 0 spiro atoms. The molecule has 7 heteroatoms. The number of ether oxygens (including phenoxy) is 1. The van der Waals surface area contributed by atoms with Crippen LogP contribution in [0, 0.1) is 0 Å². The highest BCUT2D eigenvalue weighted by molar-refractivity contribution is 7.11. The summed E-state index contributed by atoms with van der Waals surface area (Å²) in [6.07, 6.45) is 1.81. The number of aromatic carboxylic acids is 1. The molecule has 2 aromatic rings. The van der Waals surface area contributed by atoms with Crippen molar-refractivity contribution < 1.29 is 19.4 Å². The van der Waals surface area contributed by atoms with Crippen LogP contribution in [0.4, 0.5) is 4.79 Å². The molecule has 0 saturated heterocycles. The van der Waals surface area contributed by atoms with E-state index in [1.54, 1.807) is 4.90 Å². The zero-order chi connectivity index (χ0) is 20.7. The molecule has 1 aromatic carbocycles. The summed E-state index contributed by atoms with van der Waals surface area (Å²) in [5.41, 5.74) is 0.691. The molecule has 1 aromatic heterocycles. The van der Waals surface area contributed by atoms with E-state index < -0.39 is 17.7 Å². The SMILES string of the molecule is CCc1sc(CN(CCCc2ccccc2)C(=O)OC(C)(C)C)nc1C(=O)O. The highest BCUT2D eigenvalue weighted by Crippen LogP contribution is 2.22. The quantitative estimate of drug-likeness (QED) is 0.685. The van der Waals surface area contributed by atoms with Crippen LogP contribution in [0.15, 0.2) is 30.3 Å². The Labute approximate surface area is 170 Å². The lowest BCUT2D eigenvalue weighted by Crippen LogP contribution is -2.37. The number of rotatable bonds is 8. The van der Waals surface area contributed by atoms with Gasteiger partial charge in [-0.1, -0.05) is 37.3 Å². The highest BCUT2D eigenvalue weighted by Gasteiger charge is 2.24. The highest BCUT2D eigenvalue weighted by atomic mass is 32.1. The van der Waals surface area contributed by atoms with Crippen molar-refractivity contribution in [3.05, 3.63) is 51.5 Å². The first kappa shape index (κ1) is 21.9. The number of thiazole rings is 1. The van der Waals surface area contributed by atoms with Crippen molar-refractivity contribution in [1.29, 1.82) is 0 Å². The van der Waals surface area contributed by atoms with Crippen molar-refractivity contribution in [2.24, 2.45) is 0 Å². The van der Waals surface area contributed by atoms with Crippen LogP contribution >= 0.6 is 11.3 Å². The predicted molar refractivity (Wildman–Crippen MR) is 110 cm³/mol. The molecule has 0 aliphatic heterocycles. The van der Waals surface area contributed by atoms with Gasteiger partial charge < -0.3 is 14.7 Å². The van der Waals surface area contributed by atoms with E-state index in [0.717, 1.165) is 17.7 Å². The third-order valence-corrected chi connectivity index (χ3v) is 5.16. The van der Waals surface area contributed by atoms with E-state index in [1.165, 1.54) is 16.9 Å². The molecular weight excluding hydrogens is 376 g/mol. The summed E-state index contributed by atoms with van der Waals surface area (Å²) in [7, 11) is 0. The van der Waals surface area contributed by atoms with Gasteiger partial charge in [-0.2, -0.15) is 0 Å². The third-order valence-electron chi connectivity index (χ3n) is 3.98. The number of carbonyl (C=O) groups excluding carboxylic acids is 1. The van der Waals surface area contributed by atoms with E-state index in [4.69, 9.17) is 4.74 Å². The van der Waals surface area contributed by atoms with Gasteiger partial charge in [0.2, 0.25) is 0 Å². The smallest absolute Gasteiger partial charge is 0.410 e. The fraction of sp³-hybridized carbons (Fsp3) is 0.476. The second-order valence-corrected chi connectivity index (χ2v) is 8.70. The summed E-state index contributed by atoms with van der Waals surface area (Å²) in [6.45, 7) is 8.13. The van der Waals surface area contributed by atoms with E-state index >= 15 is 0 Å². The van der Waals surface area contributed by atoms with E-state index in [1.807, 2.05) is 45.9 Å². The van der Waals surface area contributed by atoms with Crippen LogP contribution in [0.5, 0.6) is 0 Å². The molecule has 0 atom stereocenters. The number of carboxylic acids is 1. The van der Waals surface area contributed by atoms with E-state index in [0.29, 0.717) is 18.0 Å². The molecule has 0 unspecified atom stereocenters. The molecule has 1 amide bonds. The average molecular weight is 405 g/mol. The molecule has 0 fully saturated rings. The van der Waals surface area contributed by atoms with Crippen LogP contribution < -0.4 is 0 Å². The van der Waals surface area contributed by atoms with Gasteiger partial charge >= 0.3 is 12.1 Å². The fourth-order valence-corrected chi connectivity index (χ4v) is 3.73. The van der Waals surface area contributed by atoms with Gasteiger partial charge in [0.15, 0.2) is 5.69 Å². The minimum absolute atomic E-state index is 0.0796. The fourth-order valence-electron chi connectivity index (χ4n) is 2.72. The Morgan fingerprint density at radius 2 is 1.89 bits per heavy atom. The number of nitrogens with zero attached hydrogens (tertiary/aromatic N) is 2. The first-order valence-electron chi connectivity index (χ1n) is 9.43. The summed E-state index contributed by atoms with van der Waals surface area (Å²) in [5, 5.41) is 9.92. The number of benzene rings is 1. The predicted octanol–water partition coefficient (Wildman–Crippen LogP) is 4.77. The molecule has 6 nitrogen and oxygen atoms in total. The first-order valence-corrected chi connectivity index (χ1v) is 10.2. The largest absolute Gasteiger partial charge is 0.476 e.